The second kappa shape index (κ2) is 6.81. The monoisotopic (exact) mass is 141 g/mol. The normalized spacial score (nSPS) is 23.2. The van der Waals surface area contributed by atoms with Crippen LogP contribution in [0.1, 0.15) is 33.1 Å². The fourth-order valence-corrected chi connectivity index (χ4v) is 1.16. The molecule has 1 atom stereocenters. The van der Waals surface area contributed by atoms with Gasteiger partial charge in [-0.3, -0.25) is 0 Å². The summed E-state index contributed by atoms with van der Waals surface area (Å²) in [6.45, 7) is 8.89. The zero-order valence-corrected chi connectivity index (χ0v) is 7.19. The van der Waals surface area contributed by atoms with Crippen LogP contribution in [0.5, 0.6) is 0 Å². The van der Waals surface area contributed by atoms with Gasteiger partial charge in [0.05, 0.1) is 0 Å². The molecule has 1 saturated heterocycles. The van der Waals surface area contributed by atoms with Gasteiger partial charge < -0.3 is 5.32 Å². The Kier molecular flexibility index (Phi) is 6.61. The lowest BCUT2D eigenvalue weighted by molar-refractivity contribution is 0.615. The minimum atomic E-state index is 0.743. The maximum atomic E-state index is 3.68. The smallest absolute Gasteiger partial charge is 0.0102 e. The van der Waals surface area contributed by atoms with Crippen molar-refractivity contribution in [2.45, 2.75) is 39.2 Å². The Hall–Kier alpha value is -0.300. The highest BCUT2D eigenvalue weighted by atomic mass is 14.9. The van der Waals surface area contributed by atoms with Gasteiger partial charge in [-0.1, -0.05) is 19.9 Å². The SMILES string of the molecule is C=CCC1CCCN1.CC. The second-order valence-corrected chi connectivity index (χ2v) is 2.32. The summed E-state index contributed by atoms with van der Waals surface area (Å²) in [6.07, 6.45) is 5.81. The predicted octanol–water partition coefficient (Wildman–Crippen LogP) is 2.34. The maximum absolute atomic E-state index is 3.68. The molecule has 1 rings (SSSR count). The summed E-state index contributed by atoms with van der Waals surface area (Å²) in [5.41, 5.74) is 0. The zero-order valence-electron chi connectivity index (χ0n) is 7.19. The third kappa shape index (κ3) is 3.67. The van der Waals surface area contributed by atoms with E-state index in [-0.39, 0.29) is 0 Å². The van der Waals surface area contributed by atoms with Crippen LogP contribution in [0.3, 0.4) is 0 Å². The van der Waals surface area contributed by atoms with E-state index in [2.05, 4.69) is 11.9 Å². The molecule has 0 aliphatic carbocycles. The topological polar surface area (TPSA) is 12.0 Å². The molecular formula is C9H19N. The average Bonchev–Trinajstić information content (AvgIpc) is 2.46. The Morgan fingerprint density at radius 3 is 2.70 bits per heavy atom. The summed E-state index contributed by atoms with van der Waals surface area (Å²) in [4.78, 5) is 0. The van der Waals surface area contributed by atoms with E-state index in [0.717, 1.165) is 12.5 Å². The Morgan fingerprint density at radius 2 is 2.30 bits per heavy atom. The summed E-state index contributed by atoms with van der Waals surface area (Å²) >= 11 is 0. The lowest BCUT2D eigenvalue weighted by Crippen LogP contribution is -2.19. The standard InChI is InChI=1S/C7H13N.C2H6/c1-2-4-7-5-3-6-8-7;1-2/h2,7-8H,1,3-6H2;1-2H3. The van der Waals surface area contributed by atoms with E-state index in [1.807, 2.05) is 19.9 Å². The lowest BCUT2D eigenvalue weighted by Gasteiger charge is -2.03. The van der Waals surface area contributed by atoms with E-state index in [1.165, 1.54) is 19.4 Å². The molecule has 0 aromatic rings. The van der Waals surface area contributed by atoms with E-state index in [9.17, 15) is 0 Å². The van der Waals surface area contributed by atoms with Gasteiger partial charge in [-0.15, -0.1) is 6.58 Å². The van der Waals surface area contributed by atoms with Crippen molar-refractivity contribution in [1.29, 1.82) is 0 Å². The van der Waals surface area contributed by atoms with Crippen LogP contribution in [-0.4, -0.2) is 12.6 Å². The molecule has 1 heteroatoms. The molecule has 0 spiro atoms. The van der Waals surface area contributed by atoms with E-state index >= 15 is 0 Å². The van der Waals surface area contributed by atoms with Gasteiger partial charge in [0.15, 0.2) is 0 Å². The minimum absolute atomic E-state index is 0.743. The van der Waals surface area contributed by atoms with Gasteiger partial charge in [-0.2, -0.15) is 0 Å². The summed E-state index contributed by atoms with van der Waals surface area (Å²) < 4.78 is 0. The first-order valence-corrected chi connectivity index (χ1v) is 4.28. The predicted molar refractivity (Wildman–Crippen MR) is 47.2 cm³/mol. The summed E-state index contributed by atoms with van der Waals surface area (Å²) in [6, 6.07) is 0.743. The third-order valence-electron chi connectivity index (χ3n) is 1.61. The van der Waals surface area contributed by atoms with Gasteiger partial charge in [0.1, 0.15) is 0 Å². The van der Waals surface area contributed by atoms with Gasteiger partial charge in [0.25, 0.3) is 0 Å². The van der Waals surface area contributed by atoms with Gasteiger partial charge in [0.2, 0.25) is 0 Å². The van der Waals surface area contributed by atoms with Crippen molar-refractivity contribution < 1.29 is 0 Å². The molecule has 1 fully saturated rings. The average molecular weight is 141 g/mol. The molecule has 0 amide bonds. The van der Waals surface area contributed by atoms with Crippen LogP contribution in [0.15, 0.2) is 12.7 Å². The lowest BCUT2D eigenvalue weighted by atomic mass is 10.2. The Bertz CT molecular complexity index is 72.8. The van der Waals surface area contributed by atoms with E-state index in [1.54, 1.807) is 0 Å². The Balaban J connectivity index is 0.000000371. The highest BCUT2D eigenvalue weighted by Crippen LogP contribution is 2.07. The van der Waals surface area contributed by atoms with Crippen molar-refractivity contribution >= 4 is 0 Å². The number of hydrogen-bond acceptors (Lipinski definition) is 1. The highest BCUT2D eigenvalue weighted by Gasteiger charge is 2.10. The molecule has 1 aliphatic heterocycles. The van der Waals surface area contributed by atoms with Crippen LogP contribution in [-0.2, 0) is 0 Å². The van der Waals surface area contributed by atoms with Crippen molar-refractivity contribution in [1.82, 2.24) is 5.32 Å². The number of rotatable bonds is 2. The van der Waals surface area contributed by atoms with Crippen LogP contribution >= 0.6 is 0 Å². The molecule has 0 aromatic heterocycles. The van der Waals surface area contributed by atoms with Crippen LogP contribution in [0.25, 0.3) is 0 Å². The van der Waals surface area contributed by atoms with Gasteiger partial charge in [0, 0.05) is 6.04 Å². The van der Waals surface area contributed by atoms with Crippen LogP contribution in [0.4, 0.5) is 0 Å². The fraction of sp³-hybridized carbons (Fsp3) is 0.778. The molecule has 1 unspecified atom stereocenters. The minimum Gasteiger partial charge on any atom is -0.314 e. The molecule has 1 N–H and O–H groups in total. The Labute approximate surface area is 64.5 Å². The molecule has 0 saturated carbocycles. The molecule has 0 aromatic carbocycles. The van der Waals surface area contributed by atoms with Crippen molar-refractivity contribution in [3.8, 4) is 0 Å². The molecule has 1 aliphatic rings. The molecule has 0 radical (unpaired) electrons. The van der Waals surface area contributed by atoms with Crippen molar-refractivity contribution in [2.24, 2.45) is 0 Å². The van der Waals surface area contributed by atoms with Crippen LogP contribution < -0.4 is 5.32 Å². The van der Waals surface area contributed by atoms with Gasteiger partial charge in [-0.05, 0) is 25.8 Å². The molecule has 1 nitrogen and oxygen atoms in total. The molecule has 60 valence electrons. The fourth-order valence-electron chi connectivity index (χ4n) is 1.16. The van der Waals surface area contributed by atoms with Crippen LogP contribution in [0, 0.1) is 0 Å². The molecule has 0 bridgehead atoms. The van der Waals surface area contributed by atoms with Crippen molar-refractivity contribution in [3.05, 3.63) is 12.7 Å². The first-order valence-electron chi connectivity index (χ1n) is 4.28. The van der Waals surface area contributed by atoms with E-state index in [4.69, 9.17) is 0 Å². The van der Waals surface area contributed by atoms with Crippen molar-refractivity contribution in [3.63, 3.8) is 0 Å². The van der Waals surface area contributed by atoms with Gasteiger partial charge >= 0.3 is 0 Å². The molecule has 10 heavy (non-hydrogen) atoms. The molecule has 1 heterocycles. The third-order valence-corrected chi connectivity index (χ3v) is 1.61. The van der Waals surface area contributed by atoms with Crippen LogP contribution in [0.2, 0.25) is 0 Å². The molecular weight excluding hydrogens is 122 g/mol. The second-order valence-electron chi connectivity index (χ2n) is 2.32. The quantitative estimate of drug-likeness (QED) is 0.582. The van der Waals surface area contributed by atoms with E-state index in [0.29, 0.717) is 0 Å². The largest absolute Gasteiger partial charge is 0.314 e. The summed E-state index contributed by atoms with van der Waals surface area (Å²) in [5.74, 6) is 0. The maximum Gasteiger partial charge on any atom is 0.0102 e. The zero-order chi connectivity index (χ0) is 7.82. The Morgan fingerprint density at radius 1 is 1.60 bits per heavy atom. The highest BCUT2D eigenvalue weighted by molar-refractivity contribution is 4.81. The first kappa shape index (κ1) is 9.70. The number of nitrogens with one attached hydrogen (secondary N) is 1. The summed E-state index contributed by atoms with van der Waals surface area (Å²) in [5, 5.41) is 3.39. The summed E-state index contributed by atoms with van der Waals surface area (Å²) in [7, 11) is 0. The first-order chi connectivity index (χ1) is 4.93. The van der Waals surface area contributed by atoms with Crippen molar-refractivity contribution in [2.75, 3.05) is 6.54 Å². The number of hydrogen-bond donors (Lipinski definition) is 1. The van der Waals surface area contributed by atoms with Gasteiger partial charge in [-0.25, -0.2) is 0 Å². The van der Waals surface area contributed by atoms with E-state index < -0.39 is 0 Å².